The molecule has 236 valence electrons. The van der Waals surface area contributed by atoms with E-state index in [1.54, 1.807) is 11.8 Å². The summed E-state index contributed by atoms with van der Waals surface area (Å²) in [5, 5.41) is 16.3. The first-order valence-electron chi connectivity index (χ1n) is 14.1. The SMILES string of the molecule is CC.Cc1c(F)c(N)cc(-c2nc3c4c(nc(N5CCOCC5CO)nc4c2F)NCCNCCC(C)O3)c1C(F)(F)F. The number of hydrogen-bond acceptors (Lipinski definition) is 10. The molecule has 0 amide bonds. The Balaban J connectivity index is 0.00000207. The van der Waals surface area contributed by atoms with Gasteiger partial charge in [0.25, 0.3) is 0 Å². The highest BCUT2D eigenvalue weighted by atomic mass is 19.4. The first kappa shape index (κ1) is 32.4. The van der Waals surface area contributed by atoms with E-state index in [9.17, 15) is 22.7 Å². The topological polar surface area (TPSA) is 131 Å². The number of halogens is 5. The second kappa shape index (κ2) is 13.4. The molecule has 2 aliphatic rings. The van der Waals surface area contributed by atoms with Gasteiger partial charge in [-0.25, -0.2) is 18.7 Å². The number of aromatic nitrogens is 3. The highest BCUT2D eigenvalue weighted by Gasteiger charge is 2.39. The lowest BCUT2D eigenvalue weighted by Crippen LogP contribution is -2.48. The van der Waals surface area contributed by atoms with E-state index in [1.165, 1.54) is 0 Å². The average Bonchev–Trinajstić information content (AvgIpc) is 3.01. The quantitative estimate of drug-likeness (QED) is 0.251. The van der Waals surface area contributed by atoms with Crippen molar-refractivity contribution in [3.8, 4) is 17.1 Å². The number of aliphatic hydroxyl groups is 1. The van der Waals surface area contributed by atoms with Crippen molar-refractivity contribution in [2.24, 2.45) is 0 Å². The fraction of sp³-hybridized carbons (Fsp3) is 0.536. The van der Waals surface area contributed by atoms with Crippen molar-refractivity contribution >= 4 is 28.4 Å². The van der Waals surface area contributed by atoms with E-state index in [1.807, 2.05) is 13.8 Å². The van der Waals surface area contributed by atoms with Crippen LogP contribution in [0.2, 0.25) is 0 Å². The summed E-state index contributed by atoms with van der Waals surface area (Å²) < 4.78 is 85.3. The Labute approximate surface area is 245 Å². The molecule has 43 heavy (non-hydrogen) atoms. The number of nitrogens with two attached hydrogens (primary N) is 1. The fourth-order valence-electron chi connectivity index (χ4n) is 5.04. The Hall–Kier alpha value is -3.56. The summed E-state index contributed by atoms with van der Waals surface area (Å²) >= 11 is 0. The second-order valence-corrected chi connectivity index (χ2v) is 10.00. The second-order valence-electron chi connectivity index (χ2n) is 10.00. The van der Waals surface area contributed by atoms with Gasteiger partial charge in [-0.3, -0.25) is 0 Å². The number of nitrogens with one attached hydrogen (secondary N) is 2. The number of rotatable bonds is 3. The molecule has 1 saturated heterocycles. The summed E-state index contributed by atoms with van der Waals surface area (Å²) in [5.41, 5.74) is 1.08. The van der Waals surface area contributed by atoms with Crippen molar-refractivity contribution in [1.82, 2.24) is 20.3 Å². The van der Waals surface area contributed by atoms with Crippen LogP contribution in [-0.2, 0) is 10.9 Å². The monoisotopic (exact) mass is 613 g/mol. The molecule has 5 N–H and O–H groups in total. The molecular weight excluding hydrogens is 577 g/mol. The molecule has 0 radical (unpaired) electrons. The van der Waals surface area contributed by atoms with Crippen molar-refractivity contribution in [3.05, 3.63) is 28.8 Å². The van der Waals surface area contributed by atoms with Crippen molar-refractivity contribution in [2.45, 2.75) is 52.4 Å². The third-order valence-corrected chi connectivity index (χ3v) is 7.14. The minimum Gasteiger partial charge on any atom is -0.474 e. The number of alkyl halides is 3. The van der Waals surface area contributed by atoms with Crippen molar-refractivity contribution in [2.75, 3.05) is 62.0 Å². The number of pyridine rings is 1. The minimum absolute atomic E-state index is 0.0334. The molecule has 5 rings (SSSR count). The Bertz CT molecular complexity index is 1460. The molecule has 2 aromatic heterocycles. The van der Waals surface area contributed by atoms with Gasteiger partial charge in [0.1, 0.15) is 28.2 Å². The van der Waals surface area contributed by atoms with E-state index in [2.05, 4.69) is 25.6 Å². The van der Waals surface area contributed by atoms with Crippen LogP contribution in [-0.4, -0.2) is 78.2 Å². The Morgan fingerprint density at radius 1 is 1.12 bits per heavy atom. The van der Waals surface area contributed by atoms with E-state index in [0.717, 1.165) is 13.0 Å². The van der Waals surface area contributed by atoms with Gasteiger partial charge in [0.2, 0.25) is 11.8 Å². The number of nitrogen functional groups attached to an aromatic ring is 1. The van der Waals surface area contributed by atoms with Crippen LogP contribution in [0, 0.1) is 18.6 Å². The molecule has 15 heteroatoms. The number of anilines is 3. The predicted molar refractivity (Wildman–Crippen MR) is 153 cm³/mol. The third kappa shape index (κ3) is 6.53. The first-order chi connectivity index (χ1) is 20.5. The van der Waals surface area contributed by atoms with Crippen LogP contribution in [0.25, 0.3) is 22.2 Å². The highest BCUT2D eigenvalue weighted by Crippen LogP contribution is 2.44. The normalized spacial score (nSPS) is 19.5. The predicted octanol–water partition coefficient (Wildman–Crippen LogP) is 4.28. The zero-order valence-electron chi connectivity index (χ0n) is 24.4. The standard InChI is InChI=1S/C26H30F5N7O3.C2H6/c1-12-3-4-33-5-6-34-23-17-22(36-25(37-23)38-7-8-40-11-14(38)10-39)20(28)21(35-24(17)41-12)15-9-16(32)19(27)13(2)18(15)26(29,30)31;1-2/h9,12,14,33,39H,3-8,10-11,32H2,1-2H3,(H,34,36,37);1-2H3. The van der Waals surface area contributed by atoms with Crippen LogP contribution in [0.5, 0.6) is 5.88 Å². The molecular formula is C28H36F5N7O3. The number of hydrogen-bond donors (Lipinski definition) is 4. The first-order valence-corrected chi connectivity index (χ1v) is 14.1. The highest BCUT2D eigenvalue weighted by molar-refractivity contribution is 5.97. The largest absolute Gasteiger partial charge is 0.474 e. The Kier molecular flexibility index (Phi) is 10.1. The molecule has 0 saturated carbocycles. The van der Waals surface area contributed by atoms with E-state index < -0.39 is 58.0 Å². The summed E-state index contributed by atoms with van der Waals surface area (Å²) in [6, 6.07) is 0.188. The summed E-state index contributed by atoms with van der Waals surface area (Å²) in [4.78, 5) is 14.9. The summed E-state index contributed by atoms with van der Waals surface area (Å²) in [7, 11) is 0. The van der Waals surface area contributed by atoms with Gasteiger partial charge in [0, 0.05) is 25.2 Å². The summed E-state index contributed by atoms with van der Waals surface area (Å²) in [6.45, 7) is 8.61. The number of nitrogens with zero attached hydrogens (tertiary/aromatic N) is 4. The fourth-order valence-corrected chi connectivity index (χ4v) is 5.04. The maximum Gasteiger partial charge on any atom is 0.417 e. The Morgan fingerprint density at radius 2 is 1.86 bits per heavy atom. The van der Waals surface area contributed by atoms with Crippen LogP contribution < -0.4 is 26.0 Å². The molecule has 0 aliphatic carbocycles. The van der Waals surface area contributed by atoms with Crippen LogP contribution in [0.1, 0.15) is 38.3 Å². The number of ether oxygens (including phenoxy) is 2. The molecule has 10 nitrogen and oxygen atoms in total. The molecule has 4 heterocycles. The van der Waals surface area contributed by atoms with Crippen LogP contribution in [0.4, 0.5) is 39.4 Å². The van der Waals surface area contributed by atoms with Gasteiger partial charge in [0.05, 0.1) is 43.2 Å². The zero-order chi connectivity index (χ0) is 31.5. The van der Waals surface area contributed by atoms with Crippen molar-refractivity contribution in [3.63, 3.8) is 0 Å². The molecule has 3 aromatic rings. The van der Waals surface area contributed by atoms with Gasteiger partial charge in [-0.1, -0.05) is 13.8 Å². The van der Waals surface area contributed by atoms with E-state index in [-0.39, 0.29) is 48.3 Å². The lowest BCUT2D eigenvalue weighted by atomic mass is 9.96. The van der Waals surface area contributed by atoms with E-state index in [4.69, 9.17) is 15.2 Å². The maximum atomic E-state index is 16.5. The molecule has 1 aromatic carbocycles. The van der Waals surface area contributed by atoms with Crippen LogP contribution >= 0.6 is 0 Å². The van der Waals surface area contributed by atoms with Gasteiger partial charge in [-0.15, -0.1) is 0 Å². The number of morpholine rings is 1. The maximum absolute atomic E-state index is 16.5. The van der Waals surface area contributed by atoms with E-state index in [0.29, 0.717) is 32.7 Å². The van der Waals surface area contributed by atoms with E-state index >= 15 is 4.39 Å². The lowest BCUT2D eigenvalue weighted by Gasteiger charge is -2.34. The molecule has 2 atom stereocenters. The number of aliphatic hydroxyl groups excluding tert-OH is 1. The summed E-state index contributed by atoms with van der Waals surface area (Å²) in [6.07, 6.45) is -5.00. The van der Waals surface area contributed by atoms with Gasteiger partial charge >= 0.3 is 6.18 Å². The van der Waals surface area contributed by atoms with Crippen LogP contribution in [0.15, 0.2) is 6.07 Å². The van der Waals surface area contributed by atoms with Crippen molar-refractivity contribution < 1.29 is 36.5 Å². The van der Waals surface area contributed by atoms with Gasteiger partial charge in [0.15, 0.2) is 5.82 Å². The average molecular weight is 614 g/mol. The number of benzene rings is 1. The minimum atomic E-state index is -5.05. The smallest absolute Gasteiger partial charge is 0.417 e. The Morgan fingerprint density at radius 3 is 2.56 bits per heavy atom. The molecule has 1 fully saturated rings. The van der Waals surface area contributed by atoms with Gasteiger partial charge < -0.3 is 35.8 Å². The van der Waals surface area contributed by atoms with Gasteiger partial charge in [-0.05, 0) is 38.4 Å². The third-order valence-electron chi connectivity index (χ3n) is 7.14. The van der Waals surface area contributed by atoms with Gasteiger partial charge in [-0.2, -0.15) is 18.2 Å². The molecule has 0 bridgehead atoms. The lowest BCUT2D eigenvalue weighted by molar-refractivity contribution is -0.137. The summed E-state index contributed by atoms with van der Waals surface area (Å²) in [5.74, 6) is -2.44. The molecule has 2 aliphatic heterocycles. The molecule has 2 unspecified atom stereocenters. The molecule has 0 spiro atoms. The van der Waals surface area contributed by atoms with Crippen molar-refractivity contribution in [1.29, 1.82) is 0 Å². The zero-order valence-corrected chi connectivity index (χ0v) is 24.4. The van der Waals surface area contributed by atoms with Crippen LogP contribution in [0.3, 0.4) is 0 Å².